The number of aryl methyl sites for hydroxylation is 1. The first-order chi connectivity index (χ1) is 7.22. The number of carbonyl (C=O) groups is 1. The number of rotatable bonds is 1. The SMILES string of the molecule is COc1cc(C)cc2c1OCCCC2=O. The van der Waals surface area contributed by atoms with Gasteiger partial charge in [-0.25, -0.2) is 0 Å². The highest BCUT2D eigenvalue weighted by Crippen LogP contribution is 2.35. The van der Waals surface area contributed by atoms with E-state index in [0.29, 0.717) is 30.1 Å². The maximum atomic E-state index is 11.8. The van der Waals surface area contributed by atoms with Crippen molar-refractivity contribution in [1.82, 2.24) is 0 Å². The molecule has 0 bridgehead atoms. The zero-order valence-electron chi connectivity index (χ0n) is 9.00. The number of carbonyl (C=O) groups excluding carboxylic acids is 1. The highest BCUT2D eigenvalue weighted by molar-refractivity contribution is 6.00. The molecule has 0 N–H and O–H groups in total. The normalized spacial score (nSPS) is 15.2. The minimum Gasteiger partial charge on any atom is -0.493 e. The van der Waals surface area contributed by atoms with Crippen molar-refractivity contribution in [2.75, 3.05) is 13.7 Å². The Kier molecular flexibility index (Phi) is 2.62. The molecule has 1 aliphatic rings. The second kappa shape index (κ2) is 3.93. The molecule has 1 heterocycles. The van der Waals surface area contributed by atoms with Gasteiger partial charge >= 0.3 is 0 Å². The molecule has 3 heteroatoms. The van der Waals surface area contributed by atoms with E-state index in [9.17, 15) is 4.79 Å². The van der Waals surface area contributed by atoms with E-state index in [4.69, 9.17) is 9.47 Å². The molecule has 0 amide bonds. The monoisotopic (exact) mass is 206 g/mol. The molecule has 0 aromatic heterocycles. The molecule has 15 heavy (non-hydrogen) atoms. The lowest BCUT2D eigenvalue weighted by molar-refractivity contribution is 0.0983. The molecule has 1 aromatic rings. The minimum absolute atomic E-state index is 0.143. The molecule has 1 aliphatic heterocycles. The summed E-state index contributed by atoms with van der Waals surface area (Å²) in [6, 6.07) is 3.75. The third-order valence-electron chi connectivity index (χ3n) is 2.51. The Hall–Kier alpha value is -1.51. The van der Waals surface area contributed by atoms with Crippen LogP contribution in [0.5, 0.6) is 11.5 Å². The largest absolute Gasteiger partial charge is 0.493 e. The average Bonchev–Trinajstić information content (AvgIpc) is 2.40. The molecule has 2 rings (SSSR count). The summed E-state index contributed by atoms with van der Waals surface area (Å²) in [6.07, 6.45) is 1.33. The molecule has 0 radical (unpaired) electrons. The smallest absolute Gasteiger partial charge is 0.171 e. The Bertz CT molecular complexity index is 396. The number of methoxy groups -OCH3 is 1. The van der Waals surface area contributed by atoms with E-state index in [-0.39, 0.29) is 5.78 Å². The minimum atomic E-state index is 0.143. The van der Waals surface area contributed by atoms with Crippen molar-refractivity contribution in [3.05, 3.63) is 23.3 Å². The number of ketones is 1. The Morgan fingerprint density at radius 1 is 1.40 bits per heavy atom. The van der Waals surface area contributed by atoms with Gasteiger partial charge in [-0.1, -0.05) is 0 Å². The molecule has 0 saturated heterocycles. The number of Topliss-reactive ketones (excluding diaryl/α,β-unsaturated/α-hetero) is 1. The fourth-order valence-corrected chi connectivity index (χ4v) is 1.79. The highest BCUT2D eigenvalue weighted by Gasteiger charge is 2.20. The van der Waals surface area contributed by atoms with E-state index >= 15 is 0 Å². The van der Waals surface area contributed by atoms with Crippen LogP contribution in [0, 0.1) is 6.92 Å². The first-order valence-electron chi connectivity index (χ1n) is 5.07. The highest BCUT2D eigenvalue weighted by atomic mass is 16.5. The van der Waals surface area contributed by atoms with Crippen LogP contribution in [0.25, 0.3) is 0 Å². The van der Waals surface area contributed by atoms with Crippen molar-refractivity contribution in [2.24, 2.45) is 0 Å². The van der Waals surface area contributed by atoms with Gasteiger partial charge in [0.2, 0.25) is 0 Å². The van der Waals surface area contributed by atoms with Crippen LogP contribution in [-0.4, -0.2) is 19.5 Å². The molecule has 0 unspecified atom stereocenters. The standard InChI is InChI=1S/C12H14O3/c1-8-6-9-10(13)4-3-5-15-12(9)11(7-8)14-2/h6-7H,3-5H2,1-2H3. The summed E-state index contributed by atoms with van der Waals surface area (Å²) in [4.78, 5) is 11.8. The summed E-state index contributed by atoms with van der Waals surface area (Å²) in [5, 5.41) is 0. The van der Waals surface area contributed by atoms with E-state index in [2.05, 4.69) is 0 Å². The van der Waals surface area contributed by atoms with Crippen LogP contribution in [0.3, 0.4) is 0 Å². The van der Waals surface area contributed by atoms with Crippen molar-refractivity contribution >= 4 is 5.78 Å². The van der Waals surface area contributed by atoms with Gasteiger partial charge in [-0.15, -0.1) is 0 Å². The Labute approximate surface area is 89.0 Å². The lowest BCUT2D eigenvalue weighted by atomic mass is 10.0. The zero-order valence-corrected chi connectivity index (χ0v) is 9.00. The molecular weight excluding hydrogens is 192 g/mol. The maximum absolute atomic E-state index is 11.8. The summed E-state index contributed by atoms with van der Waals surface area (Å²) in [7, 11) is 1.59. The molecule has 0 spiro atoms. The van der Waals surface area contributed by atoms with Crippen LogP contribution < -0.4 is 9.47 Å². The lowest BCUT2D eigenvalue weighted by Crippen LogP contribution is -2.00. The first kappa shape index (κ1) is 10.0. The van der Waals surface area contributed by atoms with Crippen molar-refractivity contribution < 1.29 is 14.3 Å². The molecule has 0 fully saturated rings. The fraction of sp³-hybridized carbons (Fsp3) is 0.417. The van der Waals surface area contributed by atoms with Gasteiger partial charge in [-0.3, -0.25) is 4.79 Å². The number of benzene rings is 1. The summed E-state index contributed by atoms with van der Waals surface area (Å²) < 4.78 is 10.8. The Morgan fingerprint density at radius 3 is 2.93 bits per heavy atom. The molecule has 0 saturated carbocycles. The van der Waals surface area contributed by atoms with E-state index in [1.54, 1.807) is 7.11 Å². The summed E-state index contributed by atoms with van der Waals surface area (Å²) >= 11 is 0. The third-order valence-corrected chi connectivity index (χ3v) is 2.51. The second-order valence-electron chi connectivity index (χ2n) is 3.72. The number of ether oxygens (including phenoxy) is 2. The van der Waals surface area contributed by atoms with Gasteiger partial charge in [0, 0.05) is 6.42 Å². The number of fused-ring (bicyclic) bond motifs is 1. The van der Waals surface area contributed by atoms with Crippen molar-refractivity contribution in [1.29, 1.82) is 0 Å². The molecule has 80 valence electrons. The van der Waals surface area contributed by atoms with Crippen molar-refractivity contribution in [3.63, 3.8) is 0 Å². The van der Waals surface area contributed by atoms with E-state index in [0.717, 1.165) is 12.0 Å². The molecule has 3 nitrogen and oxygen atoms in total. The fourth-order valence-electron chi connectivity index (χ4n) is 1.79. The Morgan fingerprint density at radius 2 is 2.20 bits per heavy atom. The van der Waals surface area contributed by atoms with E-state index in [1.165, 1.54) is 0 Å². The molecule has 0 aliphatic carbocycles. The van der Waals surface area contributed by atoms with Crippen LogP contribution in [-0.2, 0) is 0 Å². The number of hydrogen-bond donors (Lipinski definition) is 0. The molecule has 1 aromatic carbocycles. The van der Waals surface area contributed by atoms with Gasteiger partial charge in [0.05, 0.1) is 19.3 Å². The third kappa shape index (κ3) is 1.82. The maximum Gasteiger partial charge on any atom is 0.171 e. The predicted molar refractivity (Wildman–Crippen MR) is 56.8 cm³/mol. The average molecular weight is 206 g/mol. The lowest BCUT2D eigenvalue weighted by Gasteiger charge is -2.12. The van der Waals surface area contributed by atoms with Crippen LogP contribution in [0.15, 0.2) is 12.1 Å². The number of hydrogen-bond acceptors (Lipinski definition) is 3. The van der Waals surface area contributed by atoms with Crippen LogP contribution in [0.1, 0.15) is 28.8 Å². The topological polar surface area (TPSA) is 35.5 Å². The molecule has 0 atom stereocenters. The predicted octanol–water partition coefficient (Wildman–Crippen LogP) is 2.36. The van der Waals surface area contributed by atoms with Crippen LogP contribution >= 0.6 is 0 Å². The van der Waals surface area contributed by atoms with Gasteiger partial charge in [0.25, 0.3) is 0 Å². The van der Waals surface area contributed by atoms with Gasteiger partial charge < -0.3 is 9.47 Å². The van der Waals surface area contributed by atoms with Gasteiger partial charge in [-0.2, -0.15) is 0 Å². The first-order valence-corrected chi connectivity index (χ1v) is 5.07. The van der Waals surface area contributed by atoms with Gasteiger partial charge in [0.1, 0.15) is 0 Å². The summed E-state index contributed by atoms with van der Waals surface area (Å²) in [5.74, 6) is 1.40. The van der Waals surface area contributed by atoms with Crippen molar-refractivity contribution in [3.8, 4) is 11.5 Å². The van der Waals surface area contributed by atoms with Crippen LogP contribution in [0.2, 0.25) is 0 Å². The van der Waals surface area contributed by atoms with Crippen LogP contribution in [0.4, 0.5) is 0 Å². The second-order valence-corrected chi connectivity index (χ2v) is 3.72. The van der Waals surface area contributed by atoms with Gasteiger partial charge in [0.15, 0.2) is 17.3 Å². The zero-order chi connectivity index (χ0) is 10.8. The summed E-state index contributed by atoms with van der Waals surface area (Å²) in [5.41, 5.74) is 1.67. The van der Waals surface area contributed by atoms with Crippen molar-refractivity contribution in [2.45, 2.75) is 19.8 Å². The molecular formula is C12H14O3. The summed E-state index contributed by atoms with van der Waals surface area (Å²) in [6.45, 7) is 2.53. The van der Waals surface area contributed by atoms with Gasteiger partial charge in [-0.05, 0) is 31.0 Å². The Balaban J connectivity index is 2.58. The quantitative estimate of drug-likeness (QED) is 0.707. The van der Waals surface area contributed by atoms with E-state index < -0.39 is 0 Å². The van der Waals surface area contributed by atoms with E-state index in [1.807, 2.05) is 19.1 Å².